The molecular weight excluding hydrogens is 379 g/mol. The van der Waals surface area contributed by atoms with E-state index in [0.29, 0.717) is 24.1 Å². The van der Waals surface area contributed by atoms with Gasteiger partial charge in [0.15, 0.2) is 0 Å². The molecule has 2 N–H and O–H groups in total. The van der Waals surface area contributed by atoms with Crippen LogP contribution in [-0.4, -0.2) is 11.8 Å². The molecule has 3 aromatic carbocycles. The Kier molecular flexibility index (Phi) is 6.96. The average molecular weight is 404 g/mol. The van der Waals surface area contributed by atoms with Crippen molar-refractivity contribution in [3.05, 3.63) is 101 Å². The molecule has 1 atom stereocenters. The number of halogens is 1. The van der Waals surface area contributed by atoms with E-state index < -0.39 is 0 Å². The lowest BCUT2D eigenvalue weighted by Crippen LogP contribution is -2.26. The lowest BCUT2D eigenvalue weighted by molar-refractivity contribution is -0.121. The van der Waals surface area contributed by atoms with Crippen molar-refractivity contribution < 1.29 is 14.0 Å². The Morgan fingerprint density at radius 2 is 1.67 bits per heavy atom. The summed E-state index contributed by atoms with van der Waals surface area (Å²) >= 11 is 0. The lowest BCUT2D eigenvalue weighted by Gasteiger charge is -2.15. The molecule has 5 heteroatoms. The van der Waals surface area contributed by atoms with Crippen molar-refractivity contribution >= 4 is 17.5 Å². The average Bonchev–Trinajstić information content (AvgIpc) is 2.73. The summed E-state index contributed by atoms with van der Waals surface area (Å²) < 4.78 is 13.0. The minimum Gasteiger partial charge on any atom is -0.350 e. The number of carbonyl (C=O) groups excluding carboxylic acids is 2. The van der Waals surface area contributed by atoms with Crippen molar-refractivity contribution in [1.82, 2.24) is 5.32 Å². The van der Waals surface area contributed by atoms with Gasteiger partial charge in [-0.05, 0) is 67.8 Å². The van der Waals surface area contributed by atoms with E-state index in [0.717, 1.165) is 11.1 Å². The fraction of sp³-hybridized carbons (Fsp3) is 0.200. The van der Waals surface area contributed by atoms with Gasteiger partial charge in [0.2, 0.25) is 5.91 Å². The number of hydrogen-bond donors (Lipinski definition) is 2. The van der Waals surface area contributed by atoms with Gasteiger partial charge in [0.05, 0.1) is 6.04 Å². The van der Waals surface area contributed by atoms with Crippen molar-refractivity contribution in [3.63, 3.8) is 0 Å². The van der Waals surface area contributed by atoms with Crippen molar-refractivity contribution in [3.8, 4) is 0 Å². The Bertz CT molecular complexity index is 1010. The molecule has 0 bridgehead atoms. The normalized spacial score (nSPS) is 11.6. The van der Waals surface area contributed by atoms with E-state index in [2.05, 4.69) is 16.7 Å². The van der Waals surface area contributed by atoms with Crippen molar-refractivity contribution in [1.29, 1.82) is 0 Å². The molecule has 0 saturated carbocycles. The highest BCUT2D eigenvalue weighted by molar-refractivity contribution is 6.04. The van der Waals surface area contributed by atoms with Crippen LogP contribution in [0.25, 0.3) is 0 Å². The van der Waals surface area contributed by atoms with Crippen LogP contribution in [0.3, 0.4) is 0 Å². The van der Waals surface area contributed by atoms with Gasteiger partial charge >= 0.3 is 0 Å². The standard InChI is InChI=1S/C25H25FN2O2/c1-17-4-3-5-19(16-17)6-15-24(29)27-18(2)20-9-13-23(14-10-20)28-25(30)21-7-11-22(26)12-8-21/h3-5,7-14,16,18H,6,15H2,1-2H3,(H,27,29)(H,28,30). The summed E-state index contributed by atoms with van der Waals surface area (Å²) in [5.74, 6) is -0.691. The van der Waals surface area contributed by atoms with E-state index in [-0.39, 0.29) is 23.7 Å². The first-order valence-electron chi connectivity index (χ1n) is 9.92. The number of rotatable bonds is 7. The van der Waals surface area contributed by atoms with Crippen molar-refractivity contribution in [2.75, 3.05) is 5.32 Å². The van der Waals surface area contributed by atoms with E-state index in [1.54, 1.807) is 12.1 Å². The van der Waals surface area contributed by atoms with Crippen LogP contribution in [0.5, 0.6) is 0 Å². The first-order chi connectivity index (χ1) is 14.4. The summed E-state index contributed by atoms with van der Waals surface area (Å²) in [7, 11) is 0. The van der Waals surface area contributed by atoms with E-state index >= 15 is 0 Å². The Morgan fingerprint density at radius 1 is 0.967 bits per heavy atom. The zero-order valence-corrected chi connectivity index (χ0v) is 17.1. The zero-order chi connectivity index (χ0) is 21.5. The van der Waals surface area contributed by atoms with Gasteiger partial charge in [0.25, 0.3) is 5.91 Å². The number of hydrogen-bond acceptors (Lipinski definition) is 2. The Balaban J connectivity index is 1.51. The molecular formula is C25H25FN2O2. The fourth-order valence-corrected chi connectivity index (χ4v) is 3.18. The van der Waals surface area contributed by atoms with E-state index in [1.165, 1.54) is 29.8 Å². The van der Waals surface area contributed by atoms with Crippen LogP contribution in [0.2, 0.25) is 0 Å². The van der Waals surface area contributed by atoms with Crippen LogP contribution in [0.15, 0.2) is 72.8 Å². The van der Waals surface area contributed by atoms with E-state index in [1.807, 2.05) is 44.2 Å². The SMILES string of the molecule is Cc1cccc(CCC(=O)NC(C)c2ccc(NC(=O)c3ccc(F)cc3)cc2)c1. The maximum Gasteiger partial charge on any atom is 0.255 e. The van der Waals surface area contributed by atoms with E-state index in [4.69, 9.17) is 0 Å². The first kappa shape index (κ1) is 21.2. The summed E-state index contributed by atoms with van der Waals surface area (Å²) in [5.41, 5.74) is 4.30. The van der Waals surface area contributed by atoms with Gasteiger partial charge in [-0.1, -0.05) is 42.0 Å². The maximum atomic E-state index is 13.0. The molecule has 2 amide bonds. The second-order valence-corrected chi connectivity index (χ2v) is 7.36. The number of anilines is 1. The number of benzene rings is 3. The molecule has 30 heavy (non-hydrogen) atoms. The summed E-state index contributed by atoms with van der Waals surface area (Å²) in [6.45, 7) is 3.97. The third-order valence-electron chi connectivity index (χ3n) is 4.88. The molecule has 4 nitrogen and oxygen atoms in total. The van der Waals surface area contributed by atoms with Gasteiger partial charge in [-0.25, -0.2) is 4.39 Å². The summed E-state index contributed by atoms with van der Waals surface area (Å²) in [6, 6.07) is 20.7. The van der Waals surface area contributed by atoms with Gasteiger partial charge in [0, 0.05) is 17.7 Å². The minimum atomic E-state index is -0.383. The zero-order valence-electron chi connectivity index (χ0n) is 17.1. The van der Waals surface area contributed by atoms with Gasteiger partial charge in [-0.2, -0.15) is 0 Å². The molecule has 0 aliphatic rings. The smallest absolute Gasteiger partial charge is 0.255 e. The molecule has 1 unspecified atom stereocenters. The fourth-order valence-electron chi connectivity index (χ4n) is 3.18. The number of amides is 2. The monoisotopic (exact) mass is 404 g/mol. The topological polar surface area (TPSA) is 58.2 Å². The molecule has 3 rings (SSSR count). The Morgan fingerprint density at radius 3 is 2.33 bits per heavy atom. The largest absolute Gasteiger partial charge is 0.350 e. The molecule has 0 heterocycles. The molecule has 0 radical (unpaired) electrons. The molecule has 0 saturated heterocycles. The quantitative estimate of drug-likeness (QED) is 0.569. The Labute approximate surface area is 176 Å². The summed E-state index contributed by atoms with van der Waals surface area (Å²) in [5, 5.41) is 5.79. The third-order valence-corrected chi connectivity index (χ3v) is 4.88. The molecule has 0 spiro atoms. The van der Waals surface area contributed by atoms with Gasteiger partial charge in [0.1, 0.15) is 5.82 Å². The number of carbonyl (C=O) groups is 2. The van der Waals surface area contributed by atoms with Crippen LogP contribution in [0, 0.1) is 12.7 Å². The molecule has 154 valence electrons. The molecule has 0 aliphatic heterocycles. The summed E-state index contributed by atoms with van der Waals surface area (Å²) in [6.07, 6.45) is 1.13. The molecule has 0 aromatic heterocycles. The molecule has 0 fully saturated rings. The lowest BCUT2D eigenvalue weighted by atomic mass is 10.1. The number of nitrogens with one attached hydrogen (secondary N) is 2. The van der Waals surface area contributed by atoms with E-state index in [9.17, 15) is 14.0 Å². The molecule has 0 aliphatic carbocycles. The molecule has 3 aromatic rings. The highest BCUT2D eigenvalue weighted by atomic mass is 19.1. The van der Waals surface area contributed by atoms with Gasteiger partial charge < -0.3 is 10.6 Å². The maximum absolute atomic E-state index is 13.0. The number of aryl methyl sites for hydroxylation is 2. The second-order valence-electron chi connectivity index (χ2n) is 7.36. The van der Waals surface area contributed by atoms with Crippen LogP contribution >= 0.6 is 0 Å². The third kappa shape index (κ3) is 6.01. The predicted molar refractivity (Wildman–Crippen MR) is 117 cm³/mol. The summed E-state index contributed by atoms with van der Waals surface area (Å²) in [4.78, 5) is 24.5. The second kappa shape index (κ2) is 9.83. The van der Waals surface area contributed by atoms with Crippen LogP contribution in [-0.2, 0) is 11.2 Å². The predicted octanol–water partition coefficient (Wildman–Crippen LogP) is 5.20. The minimum absolute atomic E-state index is 0.00213. The van der Waals surface area contributed by atoms with Crippen LogP contribution in [0.1, 0.15) is 46.4 Å². The Hall–Kier alpha value is -3.47. The van der Waals surface area contributed by atoms with Crippen LogP contribution < -0.4 is 10.6 Å². The highest BCUT2D eigenvalue weighted by Gasteiger charge is 2.11. The van der Waals surface area contributed by atoms with Crippen molar-refractivity contribution in [2.24, 2.45) is 0 Å². The van der Waals surface area contributed by atoms with Gasteiger partial charge in [-0.3, -0.25) is 9.59 Å². The first-order valence-corrected chi connectivity index (χ1v) is 9.92. The highest BCUT2D eigenvalue weighted by Crippen LogP contribution is 2.17. The van der Waals surface area contributed by atoms with Crippen molar-refractivity contribution in [2.45, 2.75) is 32.7 Å². The van der Waals surface area contributed by atoms with Gasteiger partial charge in [-0.15, -0.1) is 0 Å². The van der Waals surface area contributed by atoms with Crippen LogP contribution in [0.4, 0.5) is 10.1 Å².